The van der Waals surface area contributed by atoms with Gasteiger partial charge in [0.1, 0.15) is 11.5 Å². The Kier molecular flexibility index (Phi) is 3.26. The number of para-hydroxylation sites is 2. The lowest BCUT2D eigenvalue weighted by molar-refractivity contribution is -0.141. The first kappa shape index (κ1) is 15.0. The normalized spacial score (nSPS) is 15.8. The molecule has 0 aliphatic carbocycles. The van der Waals surface area contributed by atoms with E-state index in [4.69, 9.17) is 0 Å². The molecule has 0 atom stereocenters. The molecule has 2 aromatic heterocycles. The number of rotatable bonds is 2. The Morgan fingerprint density at radius 2 is 1.83 bits per heavy atom. The highest BCUT2D eigenvalue weighted by Gasteiger charge is 2.34. The second kappa shape index (κ2) is 5.22. The molecule has 0 spiro atoms. The Morgan fingerprint density at radius 3 is 2.50 bits per heavy atom. The molecule has 0 unspecified atom stereocenters. The van der Waals surface area contributed by atoms with Crippen LogP contribution < -0.4 is 4.90 Å². The molecule has 0 N–H and O–H groups in total. The average Bonchev–Trinajstić information content (AvgIpc) is 2.82. The molecule has 7 heteroatoms. The SMILES string of the molecule is Cc1nc2ccccc2n1C1CN(c2ccc(C(F)(F)F)nc2)C1. The molecule has 1 aliphatic heterocycles. The van der Waals surface area contributed by atoms with E-state index in [0.29, 0.717) is 5.69 Å². The molecule has 1 aromatic carbocycles. The van der Waals surface area contributed by atoms with Crippen molar-refractivity contribution in [1.82, 2.24) is 14.5 Å². The van der Waals surface area contributed by atoms with Crippen LogP contribution in [0.2, 0.25) is 0 Å². The minimum absolute atomic E-state index is 0.264. The number of aromatic nitrogens is 3. The van der Waals surface area contributed by atoms with E-state index in [-0.39, 0.29) is 6.04 Å². The second-order valence-corrected chi connectivity index (χ2v) is 5.98. The maximum atomic E-state index is 12.6. The molecule has 1 fully saturated rings. The van der Waals surface area contributed by atoms with Crippen molar-refractivity contribution in [2.45, 2.75) is 19.1 Å². The van der Waals surface area contributed by atoms with E-state index in [9.17, 15) is 13.2 Å². The lowest BCUT2D eigenvalue weighted by atomic mass is 10.1. The van der Waals surface area contributed by atoms with Gasteiger partial charge in [-0.2, -0.15) is 13.2 Å². The fourth-order valence-electron chi connectivity index (χ4n) is 3.20. The van der Waals surface area contributed by atoms with E-state index < -0.39 is 11.9 Å². The number of hydrogen-bond donors (Lipinski definition) is 0. The summed E-state index contributed by atoms with van der Waals surface area (Å²) in [6.45, 7) is 3.44. The smallest absolute Gasteiger partial charge is 0.366 e. The van der Waals surface area contributed by atoms with E-state index >= 15 is 0 Å². The third-order valence-electron chi connectivity index (χ3n) is 4.40. The van der Waals surface area contributed by atoms with Gasteiger partial charge in [-0.25, -0.2) is 9.97 Å². The molecule has 3 heterocycles. The van der Waals surface area contributed by atoms with Crippen LogP contribution in [0, 0.1) is 6.92 Å². The van der Waals surface area contributed by atoms with E-state index in [1.165, 1.54) is 12.3 Å². The van der Waals surface area contributed by atoms with Gasteiger partial charge in [0.15, 0.2) is 0 Å². The van der Waals surface area contributed by atoms with Gasteiger partial charge < -0.3 is 9.47 Å². The Bertz CT molecular complexity index is 877. The first-order valence-corrected chi connectivity index (χ1v) is 7.65. The first-order chi connectivity index (χ1) is 11.4. The Morgan fingerprint density at radius 1 is 1.08 bits per heavy atom. The zero-order valence-electron chi connectivity index (χ0n) is 13.0. The first-order valence-electron chi connectivity index (χ1n) is 7.65. The van der Waals surface area contributed by atoms with Crippen LogP contribution in [-0.4, -0.2) is 27.6 Å². The number of hydrogen-bond acceptors (Lipinski definition) is 3. The van der Waals surface area contributed by atoms with Crippen LogP contribution in [0.1, 0.15) is 17.6 Å². The summed E-state index contributed by atoms with van der Waals surface area (Å²) in [4.78, 5) is 10.1. The Labute approximate surface area is 136 Å². The number of imidazole rings is 1. The summed E-state index contributed by atoms with van der Waals surface area (Å²) in [5.74, 6) is 0.950. The summed E-state index contributed by atoms with van der Waals surface area (Å²) >= 11 is 0. The Balaban J connectivity index is 1.53. The van der Waals surface area contributed by atoms with Gasteiger partial charge in [0.2, 0.25) is 0 Å². The maximum Gasteiger partial charge on any atom is 0.433 e. The zero-order valence-corrected chi connectivity index (χ0v) is 13.0. The topological polar surface area (TPSA) is 34.0 Å². The van der Waals surface area contributed by atoms with Crippen molar-refractivity contribution in [2.24, 2.45) is 0 Å². The van der Waals surface area contributed by atoms with E-state index in [1.807, 2.05) is 36.1 Å². The summed E-state index contributed by atoms with van der Waals surface area (Å²) in [5.41, 5.74) is 1.90. The lowest BCUT2D eigenvalue weighted by Gasteiger charge is -2.42. The quantitative estimate of drug-likeness (QED) is 0.715. The molecule has 24 heavy (non-hydrogen) atoms. The molecule has 4 nitrogen and oxygen atoms in total. The van der Waals surface area contributed by atoms with Crippen molar-refractivity contribution in [1.29, 1.82) is 0 Å². The van der Waals surface area contributed by atoms with Gasteiger partial charge in [0.25, 0.3) is 0 Å². The number of anilines is 1. The minimum atomic E-state index is -4.40. The standard InChI is InChI=1S/C17H15F3N4/c1-11-22-14-4-2-3-5-15(14)24(11)13-9-23(10-13)12-6-7-16(21-8-12)17(18,19)20/h2-8,13H,9-10H2,1H3. The highest BCUT2D eigenvalue weighted by Crippen LogP contribution is 2.33. The van der Waals surface area contributed by atoms with Crippen LogP contribution in [0.15, 0.2) is 42.6 Å². The van der Waals surface area contributed by atoms with Crippen molar-refractivity contribution in [2.75, 3.05) is 18.0 Å². The summed E-state index contributed by atoms with van der Waals surface area (Å²) in [6, 6.07) is 10.7. The highest BCUT2D eigenvalue weighted by atomic mass is 19.4. The maximum absolute atomic E-state index is 12.6. The third kappa shape index (κ3) is 2.40. The number of nitrogens with zero attached hydrogens (tertiary/aromatic N) is 4. The van der Waals surface area contributed by atoms with Crippen molar-refractivity contribution >= 4 is 16.7 Å². The molecular formula is C17H15F3N4. The largest absolute Gasteiger partial charge is 0.433 e. The van der Waals surface area contributed by atoms with Crippen molar-refractivity contribution in [3.8, 4) is 0 Å². The van der Waals surface area contributed by atoms with Crippen LogP contribution >= 0.6 is 0 Å². The predicted octanol–water partition coefficient (Wildman–Crippen LogP) is 3.82. The molecule has 0 saturated carbocycles. The van der Waals surface area contributed by atoms with Crippen LogP contribution in [0.5, 0.6) is 0 Å². The van der Waals surface area contributed by atoms with Crippen LogP contribution in [-0.2, 0) is 6.18 Å². The molecular weight excluding hydrogens is 317 g/mol. The van der Waals surface area contributed by atoms with Gasteiger partial charge >= 0.3 is 6.18 Å². The van der Waals surface area contributed by atoms with Crippen LogP contribution in [0.4, 0.5) is 18.9 Å². The number of alkyl halides is 3. The van der Waals surface area contributed by atoms with Gasteiger partial charge in [0.05, 0.1) is 29.0 Å². The molecule has 0 amide bonds. The molecule has 0 bridgehead atoms. The van der Waals surface area contributed by atoms with Crippen LogP contribution in [0.25, 0.3) is 11.0 Å². The van der Waals surface area contributed by atoms with Crippen LogP contribution in [0.3, 0.4) is 0 Å². The fraction of sp³-hybridized carbons (Fsp3) is 0.294. The lowest BCUT2D eigenvalue weighted by Crippen LogP contribution is -2.48. The third-order valence-corrected chi connectivity index (χ3v) is 4.40. The molecule has 124 valence electrons. The van der Waals surface area contributed by atoms with Gasteiger partial charge in [0, 0.05) is 13.1 Å². The summed E-state index contributed by atoms with van der Waals surface area (Å²) in [6.07, 6.45) is -3.11. The molecule has 1 aliphatic rings. The van der Waals surface area contributed by atoms with E-state index in [2.05, 4.69) is 14.5 Å². The van der Waals surface area contributed by atoms with Gasteiger partial charge in [-0.3, -0.25) is 0 Å². The Hall–Kier alpha value is -2.57. The molecule has 3 aromatic rings. The van der Waals surface area contributed by atoms with Crippen molar-refractivity contribution in [3.63, 3.8) is 0 Å². The predicted molar refractivity (Wildman–Crippen MR) is 85.0 cm³/mol. The number of halogens is 3. The van der Waals surface area contributed by atoms with Crippen molar-refractivity contribution < 1.29 is 13.2 Å². The van der Waals surface area contributed by atoms with E-state index in [0.717, 1.165) is 36.0 Å². The average molecular weight is 332 g/mol. The molecule has 1 saturated heterocycles. The summed E-state index contributed by atoms with van der Waals surface area (Å²) in [5, 5.41) is 0. The number of fused-ring (bicyclic) bond motifs is 1. The highest BCUT2D eigenvalue weighted by molar-refractivity contribution is 5.76. The fourth-order valence-corrected chi connectivity index (χ4v) is 3.20. The van der Waals surface area contributed by atoms with Gasteiger partial charge in [-0.15, -0.1) is 0 Å². The number of benzene rings is 1. The van der Waals surface area contributed by atoms with Gasteiger partial charge in [-0.05, 0) is 31.2 Å². The van der Waals surface area contributed by atoms with Gasteiger partial charge in [-0.1, -0.05) is 12.1 Å². The van der Waals surface area contributed by atoms with Crippen molar-refractivity contribution in [3.05, 3.63) is 54.1 Å². The minimum Gasteiger partial charge on any atom is -0.366 e. The second-order valence-electron chi connectivity index (χ2n) is 5.98. The number of pyridine rings is 1. The van der Waals surface area contributed by atoms with E-state index in [1.54, 1.807) is 0 Å². The molecule has 4 rings (SSSR count). The summed E-state index contributed by atoms with van der Waals surface area (Å²) in [7, 11) is 0. The summed E-state index contributed by atoms with van der Waals surface area (Å²) < 4.78 is 39.9. The number of aryl methyl sites for hydroxylation is 1. The monoisotopic (exact) mass is 332 g/mol. The zero-order chi connectivity index (χ0) is 16.9. The molecule has 0 radical (unpaired) electrons.